The van der Waals surface area contributed by atoms with E-state index in [1.54, 1.807) is 12.1 Å². The van der Waals surface area contributed by atoms with Crippen molar-refractivity contribution in [2.75, 3.05) is 0 Å². The summed E-state index contributed by atoms with van der Waals surface area (Å²) >= 11 is 0. The van der Waals surface area contributed by atoms with Gasteiger partial charge in [-0.3, -0.25) is 0 Å². The summed E-state index contributed by atoms with van der Waals surface area (Å²) in [7, 11) is 12.2. The summed E-state index contributed by atoms with van der Waals surface area (Å²) in [5.41, 5.74) is 3.67. The Morgan fingerprint density at radius 3 is 2.40 bits per heavy atom. The van der Waals surface area contributed by atoms with Gasteiger partial charge in [-0.25, -0.2) is 0 Å². The molecule has 0 saturated carbocycles. The highest BCUT2D eigenvalue weighted by molar-refractivity contribution is 6.39. The summed E-state index contributed by atoms with van der Waals surface area (Å²) in [4.78, 5) is 0. The van der Waals surface area contributed by atoms with E-state index in [-0.39, 0.29) is 23.3 Å². The van der Waals surface area contributed by atoms with Crippen molar-refractivity contribution in [3.05, 3.63) is 47.1 Å². The van der Waals surface area contributed by atoms with Crippen molar-refractivity contribution >= 4 is 15.7 Å². The van der Waals surface area contributed by atoms with Crippen LogP contribution in [0.15, 0.2) is 35.9 Å². The van der Waals surface area contributed by atoms with Crippen molar-refractivity contribution in [3.63, 3.8) is 0 Å². The number of hydrogen-bond donors (Lipinski definition) is 2. The molecule has 0 aromatic heterocycles. The first-order valence-electron chi connectivity index (χ1n) is 9.10. The number of aromatic hydroxyl groups is 2. The lowest BCUT2D eigenvalue weighted by molar-refractivity contribution is 0.406. The maximum absolute atomic E-state index is 10.6. The quantitative estimate of drug-likeness (QED) is 0.573. The maximum Gasteiger partial charge on any atom is 0.123 e. The second-order valence-corrected chi connectivity index (χ2v) is 7.74. The van der Waals surface area contributed by atoms with E-state index in [9.17, 15) is 10.2 Å². The Bertz CT molecular complexity index is 653. The van der Waals surface area contributed by atoms with Crippen LogP contribution >= 0.6 is 0 Å². The Morgan fingerprint density at radius 2 is 1.88 bits per heavy atom. The van der Waals surface area contributed by atoms with Crippen LogP contribution in [0.4, 0.5) is 0 Å². The van der Waals surface area contributed by atoms with Crippen LogP contribution in [0.2, 0.25) is 5.21 Å². The zero-order chi connectivity index (χ0) is 18.8. The van der Waals surface area contributed by atoms with Gasteiger partial charge in [0.2, 0.25) is 0 Å². The molecule has 0 aliphatic heterocycles. The third kappa shape index (κ3) is 4.74. The molecule has 2 nitrogen and oxygen atoms in total. The molecule has 0 spiro atoms. The first-order chi connectivity index (χ1) is 11.6. The van der Waals surface area contributed by atoms with Crippen molar-refractivity contribution in [1.82, 2.24) is 0 Å². The average molecular weight is 334 g/mol. The molecular formula is C21H28B2O2. The smallest absolute Gasteiger partial charge is 0.123 e. The van der Waals surface area contributed by atoms with Gasteiger partial charge in [-0.2, -0.15) is 0 Å². The van der Waals surface area contributed by atoms with E-state index >= 15 is 0 Å². The minimum absolute atomic E-state index is 0.0588. The second kappa shape index (κ2) is 7.76. The first kappa shape index (κ1) is 19.8. The van der Waals surface area contributed by atoms with Crippen LogP contribution in [0.3, 0.4) is 0 Å². The van der Waals surface area contributed by atoms with E-state index in [0.717, 1.165) is 30.4 Å². The van der Waals surface area contributed by atoms with Gasteiger partial charge in [0, 0.05) is 11.5 Å². The largest absolute Gasteiger partial charge is 0.507 e. The van der Waals surface area contributed by atoms with Crippen LogP contribution in [-0.2, 0) is 6.42 Å². The minimum atomic E-state index is -0.837. The fraction of sp³-hybridized carbons (Fsp3) is 0.524. The normalized spacial score (nSPS) is 21.0. The van der Waals surface area contributed by atoms with E-state index in [4.69, 9.17) is 15.7 Å². The highest BCUT2D eigenvalue weighted by Gasteiger charge is 2.30. The van der Waals surface area contributed by atoms with Gasteiger partial charge in [-0.1, -0.05) is 48.8 Å². The number of rotatable bonds is 6. The number of phenols is 2. The van der Waals surface area contributed by atoms with Crippen molar-refractivity contribution in [3.8, 4) is 11.5 Å². The predicted octanol–water partition coefficient (Wildman–Crippen LogP) is 4.91. The van der Waals surface area contributed by atoms with Crippen molar-refractivity contribution in [1.29, 1.82) is 0 Å². The van der Waals surface area contributed by atoms with Gasteiger partial charge in [-0.15, -0.1) is 0 Å². The molecule has 1 aliphatic carbocycles. The summed E-state index contributed by atoms with van der Waals surface area (Å²) in [5, 5.41) is 20.4. The van der Waals surface area contributed by atoms with E-state index in [1.807, 2.05) is 13.8 Å². The summed E-state index contributed by atoms with van der Waals surface area (Å²) in [6.45, 7) is 10.2. The molecule has 2 atom stereocenters. The molecule has 1 aromatic rings. The molecule has 0 amide bonds. The summed E-state index contributed by atoms with van der Waals surface area (Å²) in [5.74, 6) is 0.361. The van der Waals surface area contributed by atoms with Gasteiger partial charge in [0.25, 0.3) is 0 Å². The van der Waals surface area contributed by atoms with Gasteiger partial charge in [-0.05, 0) is 56.7 Å². The van der Waals surface area contributed by atoms with E-state index < -0.39 is 5.21 Å². The Kier molecular flexibility index (Phi) is 6.13. The summed E-state index contributed by atoms with van der Waals surface area (Å²) in [6.07, 6.45) is 6.12. The summed E-state index contributed by atoms with van der Waals surface area (Å²) < 4.78 is 0. The number of phenolic OH excluding ortho intramolecular Hbond substituents is 2. The molecular weight excluding hydrogens is 306 g/mol. The molecule has 4 heteroatoms. The van der Waals surface area contributed by atoms with Crippen LogP contribution in [0.5, 0.6) is 11.5 Å². The first-order valence-corrected chi connectivity index (χ1v) is 9.10. The third-order valence-corrected chi connectivity index (χ3v) is 5.16. The van der Waals surface area contributed by atoms with Gasteiger partial charge < -0.3 is 10.2 Å². The SMILES string of the molecule is [B]C([B])(CCC)Cc1cc(O)c(C2C=C(C)CCC2C(=C)C)c(O)c1. The fourth-order valence-corrected chi connectivity index (χ4v) is 3.96. The standard InChI is InChI=1S/C21H28B2O2/c1-5-8-21(22,23)12-15-10-18(24)20(19(25)11-15)17-9-14(4)6-7-16(17)13(2)3/h9-11,16-17,24-25H,2,5-8,12H2,1,3-4H3. The third-order valence-electron chi connectivity index (χ3n) is 5.16. The van der Waals surface area contributed by atoms with Crippen molar-refractivity contribution < 1.29 is 10.2 Å². The Hall–Kier alpha value is -1.57. The van der Waals surface area contributed by atoms with Crippen LogP contribution in [0.1, 0.15) is 63.5 Å². The zero-order valence-electron chi connectivity index (χ0n) is 15.7. The predicted molar refractivity (Wildman–Crippen MR) is 107 cm³/mol. The number of benzene rings is 1. The van der Waals surface area contributed by atoms with Crippen LogP contribution < -0.4 is 0 Å². The molecule has 0 bridgehead atoms. The second-order valence-electron chi connectivity index (χ2n) is 7.74. The monoisotopic (exact) mass is 334 g/mol. The lowest BCUT2D eigenvalue weighted by Crippen LogP contribution is -2.18. The van der Waals surface area contributed by atoms with Crippen LogP contribution in [0, 0.1) is 5.92 Å². The molecule has 25 heavy (non-hydrogen) atoms. The van der Waals surface area contributed by atoms with E-state index in [1.165, 1.54) is 5.57 Å². The molecule has 0 heterocycles. The van der Waals surface area contributed by atoms with Crippen molar-refractivity contribution in [2.45, 2.75) is 64.0 Å². The topological polar surface area (TPSA) is 40.5 Å². The number of allylic oxidation sites excluding steroid dienone is 3. The Balaban J connectivity index is 2.39. The minimum Gasteiger partial charge on any atom is -0.507 e. The summed E-state index contributed by atoms with van der Waals surface area (Å²) in [6, 6.07) is 3.37. The lowest BCUT2D eigenvalue weighted by atomic mass is 9.50. The maximum atomic E-state index is 10.6. The molecule has 0 fully saturated rings. The molecule has 1 aromatic carbocycles. The molecule has 2 N–H and O–H groups in total. The molecule has 4 radical (unpaired) electrons. The van der Waals surface area contributed by atoms with Gasteiger partial charge in [0.05, 0.1) is 15.7 Å². The van der Waals surface area contributed by atoms with Crippen LogP contribution in [-0.4, -0.2) is 25.9 Å². The fourth-order valence-electron chi connectivity index (χ4n) is 3.96. The van der Waals surface area contributed by atoms with E-state index in [0.29, 0.717) is 18.4 Å². The van der Waals surface area contributed by atoms with Gasteiger partial charge >= 0.3 is 0 Å². The average Bonchev–Trinajstić information content (AvgIpc) is 2.45. The van der Waals surface area contributed by atoms with Crippen LogP contribution in [0.25, 0.3) is 0 Å². The van der Waals surface area contributed by atoms with Gasteiger partial charge in [0.1, 0.15) is 11.5 Å². The molecule has 0 saturated heterocycles. The highest BCUT2D eigenvalue weighted by Crippen LogP contribution is 2.47. The molecule has 2 unspecified atom stereocenters. The van der Waals surface area contributed by atoms with Gasteiger partial charge in [0.15, 0.2) is 0 Å². The highest BCUT2D eigenvalue weighted by atomic mass is 16.3. The Labute approximate surface area is 154 Å². The molecule has 130 valence electrons. The van der Waals surface area contributed by atoms with Crippen molar-refractivity contribution in [2.24, 2.45) is 5.92 Å². The lowest BCUT2D eigenvalue weighted by Gasteiger charge is -2.32. The molecule has 2 rings (SSSR count). The Morgan fingerprint density at radius 1 is 1.28 bits per heavy atom. The number of hydrogen-bond acceptors (Lipinski definition) is 2. The van der Waals surface area contributed by atoms with E-state index in [2.05, 4.69) is 19.6 Å². The zero-order valence-corrected chi connectivity index (χ0v) is 15.7. The molecule has 1 aliphatic rings.